The van der Waals surface area contributed by atoms with Gasteiger partial charge in [-0.1, -0.05) is 18.2 Å². The van der Waals surface area contributed by atoms with Crippen molar-refractivity contribution < 1.29 is 14.3 Å². The maximum absolute atomic E-state index is 12.4. The van der Waals surface area contributed by atoms with E-state index in [0.717, 1.165) is 16.6 Å². The largest absolute Gasteiger partial charge is 0.497 e. The molecule has 3 rings (SSSR count). The van der Waals surface area contributed by atoms with Crippen molar-refractivity contribution in [1.82, 2.24) is 15.5 Å². The van der Waals surface area contributed by atoms with Crippen molar-refractivity contribution in [2.24, 2.45) is 0 Å². The number of aromatic amines is 1. The molecule has 0 aliphatic rings. The van der Waals surface area contributed by atoms with Gasteiger partial charge >= 0.3 is 0 Å². The second-order valence-corrected chi connectivity index (χ2v) is 5.00. The van der Waals surface area contributed by atoms with E-state index in [1.54, 1.807) is 32.4 Å². The summed E-state index contributed by atoms with van der Waals surface area (Å²) in [4.78, 5) is 12.4. The number of amides is 1. The topological polar surface area (TPSA) is 76.2 Å². The number of fused-ring (bicyclic) bond motifs is 1. The van der Waals surface area contributed by atoms with Gasteiger partial charge in [0.25, 0.3) is 5.91 Å². The third-order valence-electron chi connectivity index (χ3n) is 3.58. The van der Waals surface area contributed by atoms with Crippen LogP contribution < -0.4 is 14.8 Å². The van der Waals surface area contributed by atoms with Crippen molar-refractivity contribution in [3.8, 4) is 11.5 Å². The standard InChI is InChI=1S/C17H17N3O3/c1-22-12-7-11(8-13(9-12)23-2)17(21)18-10-16-14-5-3-4-6-15(14)19-20-16/h3-9H,10H2,1-2H3,(H,18,21)(H,19,20). The molecule has 0 spiro atoms. The van der Waals surface area contributed by atoms with E-state index in [1.165, 1.54) is 0 Å². The van der Waals surface area contributed by atoms with E-state index in [9.17, 15) is 4.79 Å². The van der Waals surface area contributed by atoms with E-state index in [-0.39, 0.29) is 5.91 Å². The van der Waals surface area contributed by atoms with E-state index >= 15 is 0 Å². The molecule has 1 amide bonds. The molecule has 0 saturated carbocycles. The smallest absolute Gasteiger partial charge is 0.251 e. The van der Waals surface area contributed by atoms with E-state index in [1.807, 2.05) is 24.3 Å². The number of rotatable bonds is 5. The summed E-state index contributed by atoms with van der Waals surface area (Å²) >= 11 is 0. The van der Waals surface area contributed by atoms with Gasteiger partial charge in [0, 0.05) is 17.0 Å². The van der Waals surface area contributed by atoms with Crippen molar-refractivity contribution in [2.45, 2.75) is 6.54 Å². The van der Waals surface area contributed by atoms with Crippen molar-refractivity contribution in [3.05, 3.63) is 53.7 Å². The number of para-hydroxylation sites is 1. The molecule has 118 valence electrons. The molecule has 3 aromatic rings. The molecule has 6 nitrogen and oxygen atoms in total. The Kier molecular flexibility index (Phi) is 4.14. The quantitative estimate of drug-likeness (QED) is 0.759. The Labute approximate surface area is 133 Å². The van der Waals surface area contributed by atoms with Gasteiger partial charge in [-0.25, -0.2) is 0 Å². The van der Waals surface area contributed by atoms with E-state index < -0.39 is 0 Å². The molecule has 1 aromatic heterocycles. The van der Waals surface area contributed by atoms with Gasteiger partial charge in [-0.2, -0.15) is 5.10 Å². The van der Waals surface area contributed by atoms with E-state index in [0.29, 0.717) is 23.6 Å². The molecule has 0 atom stereocenters. The number of hydrogen-bond acceptors (Lipinski definition) is 4. The van der Waals surface area contributed by atoms with Crippen LogP contribution in [0, 0.1) is 0 Å². The molecule has 0 saturated heterocycles. The summed E-state index contributed by atoms with van der Waals surface area (Å²) in [6.07, 6.45) is 0. The Morgan fingerprint density at radius 2 is 1.83 bits per heavy atom. The van der Waals surface area contributed by atoms with Gasteiger partial charge < -0.3 is 14.8 Å². The first kappa shape index (κ1) is 14.9. The predicted molar refractivity (Wildman–Crippen MR) is 86.8 cm³/mol. The van der Waals surface area contributed by atoms with E-state index in [4.69, 9.17) is 9.47 Å². The fourth-order valence-corrected chi connectivity index (χ4v) is 2.36. The molecule has 0 unspecified atom stereocenters. The summed E-state index contributed by atoms with van der Waals surface area (Å²) in [6, 6.07) is 12.8. The molecule has 2 N–H and O–H groups in total. The molecule has 2 aromatic carbocycles. The van der Waals surface area contributed by atoms with Crippen LogP contribution in [0.4, 0.5) is 0 Å². The van der Waals surface area contributed by atoms with Crippen molar-refractivity contribution in [1.29, 1.82) is 0 Å². The number of carbonyl (C=O) groups excluding carboxylic acids is 1. The normalized spacial score (nSPS) is 10.5. The monoisotopic (exact) mass is 311 g/mol. The lowest BCUT2D eigenvalue weighted by atomic mass is 10.1. The minimum Gasteiger partial charge on any atom is -0.497 e. The fraction of sp³-hybridized carbons (Fsp3) is 0.176. The number of hydrogen-bond donors (Lipinski definition) is 2. The van der Waals surface area contributed by atoms with Gasteiger partial charge in [-0.3, -0.25) is 9.89 Å². The summed E-state index contributed by atoms with van der Waals surface area (Å²) in [5, 5.41) is 11.0. The highest BCUT2D eigenvalue weighted by Crippen LogP contribution is 2.22. The van der Waals surface area contributed by atoms with Crippen LogP contribution in [0.3, 0.4) is 0 Å². The SMILES string of the molecule is COc1cc(OC)cc(C(=O)NCc2[nH]nc3ccccc23)c1. The van der Waals surface area contributed by atoms with Crippen LogP contribution in [-0.2, 0) is 6.54 Å². The van der Waals surface area contributed by atoms with Gasteiger partial charge in [0.2, 0.25) is 0 Å². The van der Waals surface area contributed by atoms with Crippen LogP contribution in [0.1, 0.15) is 16.1 Å². The van der Waals surface area contributed by atoms with Crippen LogP contribution in [-0.4, -0.2) is 30.3 Å². The Morgan fingerprint density at radius 3 is 2.52 bits per heavy atom. The third-order valence-corrected chi connectivity index (χ3v) is 3.58. The molecule has 23 heavy (non-hydrogen) atoms. The maximum atomic E-state index is 12.4. The highest BCUT2D eigenvalue weighted by atomic mass is 16.5. The molecule has 0 aliphatic carbocycles. The zero-order chi connectivity index (χ0) is 16.2. The minimum atomic E-state index is -0.208. The lowest BCUT2D eigenvalue weighted by Gasteiger charge is -2.09. The number of methoxy groups -OCH3 is 2. The van der Waals surface area contributed by atoms with Crippen LogP contribution in [0.2, 0.25) is 0 Å². The van der Waals surface area contributed by atoms with Crippen molar-refractivity contribution in [2.75, 3.05) is 14.2 Å². The fourth-order valence-electron chi connectivity index (χ4n) is 2.36. The number of aromatic nitrogens is 2. The Morgan fingerprint density at radius 1 is 1.13 bits per heavy atom. The number of carbonyl (C=O) groups is 1. The lowest BCUT2D eigenvalue weighted by Crippen LogP contribution is -2.23. The van der Waals surface area contributed by atoms with Crippen molar-refractivity contribution >= 4 is 16.8 Å². The van der Waals surface area contributed by atoms with Crippen LogP contribution >= 0.6 is 0 Å². The lowest BCUT2D eigenvalue weighted by molar-refractivity contribution is 0.0950. The first-order valence-electron chi connectivity index (χ1n) is 7.14. The number of nitrogens with zero attached hydrogens (tertiary/aromatic N) is 1. The summed E-state index contributed by atoms with van der Waals surface area (Å²) in [7, 11) is 3.10. The Balaban J connectivity index is 1.77. The molecular weight excluding hydrogens is 294 g/mol. The summed E-state index contributed by atoms with van der Waals surface area (Å²) < 4.78 is 10.4. The summed E-state index contributed by atoms with van der Waals surface area (Å²) in [5.41, 5.74) is 2.22. The predicted octanol–water partition coefficient (Wildman–Crippen LogP) is 2.51. The average molecular weight is 311 g/mol. The second kappa shape index (κ2) is 6.39. The molecule has 0 radical (unpaired) electrons. The molecular formula is C17H17N3O3. The molecule has 0 bridgehead atoms. The number of benzene rings is 2. The number of nitrogens with one attached hydrogen (secondary N) is 2. The summed E-state index contributed by atoms with van der Waals surface area (Å²) in [5.74, 6) is 0.934. The first-order valence-corrected chi connectivity index (χ1v) is 7.14. The average Bonchev–Trinajstić information content (AvgIpc) is 3.02. The van der Waals surface area contributed by atoms with Crippen LogP contribution in [0.15, 0.2) is 42.5 Å². The van der Waals surface area contributed by atoms with Crippen LogP contribution in [0.25, 0.3) is 10.9 Å². The zero-order valence-corrected chi connectivity index (χ0v) is 12.9. The van der Waals surface area contributed by atoms with Crippen LogP contribution in [0.5, 0.6) is 11.5 Å². The van der Waals surface area contributed by atoms with Crippen molar-refractivity contribution in [3.63, 3.8) is 0 Å². The highest BCUT2D eigenvalue weighted by Gasteiger charge is 2.11. The molecule has 0 aliphatic heterocycles. The van der Waals surface area contributed by atoms with Gasteiger partial charge in [0.1, 0.15) is 11.5 Å². The van der Waals surface area contributed by atoms with Gasteiger partial charge in [-0.15, -0.1) is 0 Å². The van der Waals surface area contributed by atoms with Gasteiger partial charge in [0.15, 0.2) is 0 Å². The third kappa shape index (κ3) is 3.11. The first-order chi connectivity index (χ1) is 11.2. The maximum Gasteiger partial charge on any atom is 0.251 e. The highest BCUT2D eigenvalue weighted by molar-refractivity contribution is 5.95. The van der Waals surface area contributed by atoms with Gasteiger partial charge in [0.05, 0.1) is 32.0 Å². The number of ether oxygens (including phenoxy) is 2. The number of H-pyrrole nitrogens is 1. The van der Waals surface area contributed by atoms with Gasteiger partial charge in [-0.05, 0) is 18.2 Å². The van der Waals surface area contributed by atoms with E-state index in [2.05, 4.69) is 15.5 Å². The second-order valence-electron chi connectivity index (χ2n) is 5.00. The Bertz CT molecular complexity index is 820. The molecule has 6 heteroatoms. The Hall–Kier alpha value is -3.02. The minimum absolute atomic E-state index is 0.208. The molecule has 0 fully saturated rings. The summed E-state index contributed by atoms with van der Waals surface area (Å²) in [6.45, 7) is 0.360. The molecule has 1 heterocycles. The zero-order valence-electron chi connectivity index (χ0n) is 12.9.